The molecule has 0 bridgehead atoms. The zero-order valence-corrected chi connectivity index (χ0v) is 20.0. The van der Waals surface area contributed by atoms with Gasteiger partial charge in [-0.25, -0.2) is 0 Å². The number of esters is 1. The standard InChI is InChI=1S/C23H27N3O7S/c1-15-4-7-17(8-5-15)34(29,30)33-13-12-32-16-6-9-18-20(14-16)26(2)25-22(18)19(23(24)28)10-11-21(27)31-3/h4-9,14,19H,10-13H2,1-3H3,(H2,24,28). The summed E-state index contributed by atoms with van der Waals surface area (Å²) < 4.78 is 41.4. The van der Waals surface area contributed by atoms with E-state index < -0.39 is 27.9 Å². The Bertz CT molecular complexity index is 1280. The molecule has 1 amide bonds. The van der Waals surface area contributed by atoms with Crippen molar-refractivity contribution in [3.8, 4) is 5.75 Å². The molecule has 1 aromatic heterocycles. The van der Waals surface area contributed by atoms with Gasteiger partial charge >= 0.3 is 5.97 Å². The van der Waals surface area contributed by atoms with Gasteiger partial charge in [0.25, 0.3) is 10.1 Å². The lowest BCUT2D eigenvalue weighted by Gasteiger charge is -2.11. The minimum absolute atomic E-state index is 0.00431. The second kappa shape index (κ2) is 10.7. The average Bonchev–Trinajstić information content (AvgIpc) is 3.12. The fraction of sp³-hybridized carbons (Fsp3) is 0.348. The van der Waals surface area contributed by atoms with Crippen LogP contribution in [0.1, 0.15) is 30.0 Å². The second-order valence-corrected chi connectivity index (χ2v) is 9.31. The molecule has 0 fully saturated rings. The van der Waals surface area contributed by atoms with Crippen molar-refractivity contribution in [3.63, 3.8) is 0 Å². The molecule has 0 spiro atoms. The molecule has 2 N–H and O–H groups in total. The van der Waals surface area contributed by atoms with Gasteiger partial charge in [0.2, 0.25) is 5.91 Å². The maximum Gasteiger partial charge on any atom is 0.305 e. The fourth-order valence-electron chi connectivity index (χ4n) is 3.47. The van der Waals surface area contributed by atoms with E-state index in [2.05, 4.69) is 9.84 Å². The van der Waals surface area contributed by atoms with E-state index in [4.69, 9.17) is 14.7 Å². The van der Waals surface area contributed by atoms with Crippen molar-refractivity contribution in [3.05, 3.63) is 53.7 Å². The van der Waals surface area contributed by atoms with Gasteiger partial charge in [0, 0.05) is 24.9 Å². The van der Waals surface area contributed by atoms with Crippen LogP contribution in [0.2, 0.25) is 0 Å². The number of hydrogen-bond donors (Lipinski definition) is 1. The van der Waals surface area contributed by atoms with Crippen LogP contribution >= 0.6 is 0 Å². The van der Waals surface area contributed by atoms with Crippen LogP contribution < -0.4 is 10.5 Å². The Kier molecular flexibility index (Phi) is 7.90. The number of nitrogens with two attached hydrogens (primary N) is 1. The number of amides is 1. The van der Waals surface area contributed by atoms with Gasteiger partial charge in [0.1, 0.15) is 19.0 Å². The van der Waals surface area contributed by atoms with Crippen molar-refractivity contribution < 1.29 is 31.7 Å². The van der Waals surface area contributed by atoms with E-state index in [0.717, 1.165) is 5.56 Å². The maximum atomic E-state index is 12.3. The lowest BCUT2D eigenvalue weighted by Crippen LogP contribution is -2.23. The first-order chi connectivity index (χ1) is 16.1. The van der Waals surface area contributed by atoms with Crippen LogP contribution in [0.15, 0.2) is 47.4 Å². The number of ether oxygens (including phenoxy) is 2. The van der Waals surface area contributed by atoms with Crippen LogP contribution in [0.5, 0.6) is 5.75 Å². The minimum atomic E-state index is -3.87. The molecule has 0 aliphatic rings. The summed E-state index contributed by atoms with van der Waals surface area (Å²) >= 11 is 0. The van der Waals surface area contributed by atoms with Gasteiger partial charge < -0.3 is 15.2 Å². The molecule has 3 rings (SSSR count). The molecule has 10 nitrogen and oxygen atoms in total. The van der Waals surface area contributed by atoms with Crippen LogP contribution in [0.3, 0.4) is 0 Å². The highest BCUT2D eigenvalue weighted by atomic mass is 32.2. The number of rotatable bonds is 11. The lowest BCUT2D eigenvalue weighted by molar-refractivity contribution is -0.140. The topological polar surface area (TPSA) is 140 Å². The summed E-state index contributed by atoms with van der Waals surface area (Å²) in [7, 11) is -0.878. The summed E-state index contributed by atoms with van der Waals surface area (Å²) in [6, 6.07) is 11.5. The summed E-state index contributed by atoms with van der Waals surface area (Å²) in [6.45, 7) is 1.70. The van der Waals surface area contributed by atoms with Gasteiger partial charge in [-0.2, -0.15) is 13.5 Å². The number of nitrogens with zero attached hydrogens (tertiary/aromatic N) is 2. The number of benzene rings is 2. The number of carbonyl (C=O) groups excluding carboxylic acids is 2. The molecule has 1 heterocycles. The van der Waals surface area contributed by atoms with E-state index in [9.17, 15) is 18.0 Å². The maximum absolute atomic E-state index is 12.3. The van der Waals surface area contributed by atoms with Gasteiger partial charge in [-0.05, 0) is 37.6 Å². The highest BCUT2D eigenvalue weighted by molar-refractivity contribution is 7.86. The Morgan fingerprint density at radius 1 is 1.12 bits per heavy atom. The quantitative estimate of drug-likeness (QED) is 0.246. The summed E-state index contributed by atoms with van der Waals surface area (Å²) in [5.74, 6) is -1.30. The highest BCUT2D eigenvalue weighted by Crippen LogP contribution is 2.30. The highest BCUT2D eigenvalue weighted by Gasteiger charge is 2.25. The number of aromatic nitrogens is 2. The van der Waals surface area contributed by atoms with Crippen LogP contribution in [-0.2, 0) is 35.7 Å². The second-order valence-electron chi connectivity index (χ2n) is 7.70. The number of fused-ring (bicyclic) bond motifs is 1. The van der Waals surface area contributed by atoms with Crippen LogP contribution in [0, 0.1) is 6.92 Å². The SMILES string of the molecule is COC(=O)CCC(C(N)=O)c1nn(C)c2cc(OCCOS(=O)(=O)c3ccc(C)cc3)ccc12. The third-order valence-corrected chi connectivity index (χ3v) is 6.62. The van der Waals surface area contributed by atoms with Gasteiger partial charge in [0.05, 0.1) is 29.1 Å². The van der Waals surface area contributed by atoms with Crippen molar-refractivity contribution >= 4 is 32.9 Å². The zero-order chi connectivity index (χ0) is 24.9. The third kappa shape index (κ3) is 5.91. The molecule has 34 heavy (non-hydrogen) atoms. The molecule has 0 saturated heterocycles. The minimum Gasteiger partial charge on any atom is -0.491 e. The Morgan fingerprint density at radius 3 is 2.47 bits per heavy atom. The van der Waals surface area contributed by atoms with Crippen LogP contribution in [0.4, 0.5) is 0 Å². The van der Waals surface area contributed by atoms with Crippen molar-refractivity contribution in [2.45, 2.75) is 30.6 Å². The smallest absolute Gasteiger partial charge is 0.305 e. The third-order valence-electron chi connectivity index (χ3n) is 5.29. The fourth-order valence-corrected chi connectivity index (χ4v) is 4.36. The monoisotopic (exact) mass is 489 g/mol. The average molecular weight is 490 g/mol. The first-order valence-electron chi connectivity index (χ1n) is 10.5. The van der Waals surface area contributed by atoms with Crippen LogP contribution in [-0.4, -0.2) is 50.4 Å². The summed E-state index contributed by atoms with van der Waals surface area (Å²) in [5, 5.41) is 5.12. The first-order valence-corrected chi connectivity index (χ1v) is 11.9. The number of primary amides is 1. The van der Waals surface area contributed by atoms with Gasteiger partial charge in [-0.1, -0.05) is 17.7 Å². The molecule has 1 atom stereocenters. The summed E-state index contributed by atoms with van der Waals surface area (Å²) in [4.78, 5) is 23.6. The summed E-state index contributed by atoms with van der Waals surface area (Å²) in [6.07, 6.45) is 0.216. The van der Waals surface area contributed by atoms with Crippen molar-refractivity contribution in [1.29, 1.82) is 0 Å². The largest absolute Gasteiger partial charge is 0.491 e. The number of aryl methyl sites for hydroxylation is 2. The van der Waals surface area contributed by atoms with E-state index in [1.54, 1.807) is 42.1 Å². The summed E-state index contributed by atoms with van der Waals surface area (Å²) in [5.41, 5.74) is 7.66. The molecule has 11 heteroatoms. The Hall–Kier alpha value is -3.44. The number of carbonyl (C=O) groups is 2. The first kappa shape index (κ1) is 25.2. The Labute approximate surface area is 197 Å². The van der Waals surface area contributed by atoms with Crippen molar-refractivity contribution in [1.82, 2.24) is 9.78 Å². The molecule has 3 aromatic rings. The molecule has 2 aromatic carbocycles. The normalized spacial score (nSPS) is 12.4. The number of hydrogen-bond acceptors (Lipinski definition) is 8. The van der Waals surface area contributed by atoms with E-state index in [1.807, 2.05) is 6.92 Å². The molecule has 1 unspecified atom stereocenters. The molecule has 0 aliphatic heterocycles. The molecule has 0 radical (unpaired) electrons. The predicted molar refractivity (Wildman–Crippen MR) is 124 cm³/mol. The van der Waals surface area contributed by atoms with E-state index in [-0.39, 0.29) is 31.0 Å². The van der Waals surface area contributed by atoms with E-state index in [1.165, 1.54) is 19.2 Å². The van der Waals surface area contributed by atoms with Crippen molar-refractivity contribution in [2.24, 2.45) is 12.8 Å². The van der Waals surface area contributed by atoms with Gasteiger partial charge in [-0.15, -0.1) is 0 Å². The van der Waals surface area contributed by atoms with Gasteiger partial charge in [-0.3, -0.25) is 18.5 Å². The molecule has 0 saturated carbocycles. The van der Waals surface area contributed by atoms with Gasteiger partial charge in [0.15, 0.2) is 0 Å². The van der Waals surface area contributed by atoms with E-state index >= 15 is 0 Å². The molecule has 182 valence electrons. The molecule has 0 aliphatic carbocycles. The zero-order valence-electron chi connectivity index (χ0n) is 19.2. The van der Waals surface area contributed by atoms with Crippen molar-refractivity contribution in [2.75, 3.05) is 20.3 Å². The molecular weight excluding hydrogens is 462 g/mol. The van der Waals surface area contributed by atoms with E-state index in [0.29, 0.717) is 22.3 Å². The van der Waals surface area contributed by atoms with Crippen LogP contribution in [0.25, 0.3) is 10.9 Å². The number of methoxy groups -OCH3 is 1. The Morgan fingerprint density at radius 2 is 1.82 bits per heavy atom. The lowest BCUT2D eigenvalue weighted by atomic mass is 9.96. The molecular formula is C23H27N3O7S. The predicted octanol–water partition coefficient (Wildman–Crippen LogP) is 2.19. The Balaban J connectivity index is 1.67.